The first kappa shape index (κ1) is 14.7. The summed E-state index contributed by atoms with van der Waals surface area (Å²) in [6.07, 6.45) is -4.56. The second kappa shape index (κ2) is 5.21. The van der Waals surface area contributed by atoms with Crippen molar-refractivity contribution in [1.82, 2.24) is 0 Å². The highest BCUT2D eigenvalue weighted by atomic mass is 35.5. The molecule has 1 heterocycles. The van der Waals surface area contributed by atoms with Crippen molar-refractivity contribution in [2.24, 2.45) is 0 Å². The van der Waals surface area contributed by atoms with Crippen molar-refractivity contribution in [3.8, 4) is 16.9 Å². The predicted molar refractivity (Wildman–Crippen MR) is 75.9 cm³/mol. The zero-order valence-electron chi connectivity index (χ0n) is 11.0. The first-order chi connectivity index (χ1) is 10.3. The van der Waals surface area contributed by atoms with Gasteiger partial charge in [0.05, 0.1) is 11.4 Å². The average Bonchev–Trinajstić information content (AvgIpc) is 2.76. The summed E-state index contributed by atoms with van der Waals surface area (Å²) in [6, 6.07) is 8.94. The van der Waals surface area contributed by atoms with Crippen LogP contribution in [0.2, 0.25) is 5.02 Å². The van der Waals surface area contributed by atoms with Crippen molar-refractivity contribution in [1.29, 1.82) is 0 Å². The van der Waals surface area contributed by atoms with E-state index in [9.17, 15) is 18.0 Å². The normalized spacial score (nSPS) is 13.7. The lowest BCUT2D eigenvalue weighted by Crippen LogP contribution is -2.17. The Hall–Kier alpha value is -2.21. The van der Waals surface area contributed by atoms with Crippen LogP contribution in [-0.2, 0) is 11.2 Å². The molecule has 0 unspecified atom stereocenters. The molecule has 2 aromatic rings. The lowest BCUT2D eigenvalue weighted by atomic mass is 10.0. The molecule has 22 heavy (non-hydrogen) atoms. The van der Waals surface area contributed by atoms with Crippen LogP contribution in [0.25, 0.3) is 11.1 Å². The first-order valence-electron chi connectivity index (χ1n) is 6.31. The molecule has 0 aromatic heterocycles. The SMILES string of the molecule is O=C1Cc2ccc(-c3c(Cl)cccc3OC(F)(F)F)cc2N1. The summed E-state index contributed by atoms with van der Waals surface area (Å²) in [5.41, 5.74) is 1.93. The van der Waals surface area contributed by atoms with E-state index < -0.39 is 6.36 Å². The Bertz CT molecular complexity index is 759. The third-order valence-electron chi connectivity index (χ3n) is 3.22. The molecule has 0 spiro atoms. The molecular formula is C15H9ClF3NO2. The van der Waals surface area contributed by atoms with Gasteiger partial charge >= 0.3 is 6.36 Å². The molecule has 0 radical (unpaired) electrons. The zero-order chi connectivity index (χ0) is 15.9. The fraction of sp³-hybridized carbons (Fsp3) is 0.133. The molecule has 3 rings (SSSR count). The predicted octanol–water partition coefficient (Wildman–Crippen LogP) is 4.40. The van der Waals surface area contributed by atoms with Gasteiger partial charge in [0, 0.05) is 11.3 Å². The van der Waals surface area contributed by atoms with Gasteiger partial charge in [-0.15, -0.1) is 13.2 Å². The number of rotatable bonds is 2. The van der Waals surface area contributed by atoms with Crippen LogP contribution in [0.1, 0.15) is 5.56 Å². The highest BCUT2D eigenvalue weighted by Gasteiger charge is 2.32. The van der Waals surface area contributed by atoms with E-state index >= 15 is 0 Å². The van der Waals surface area contributed by atoms with Crippen LogP contribution in [0.5, 0.6) is 5.75 Å². The van der Waals surface area contributed by atoms with Crippen LogP contribution in [0, 0.1) is 0 Å². The minimum absolute atomic E-state index is 0.130. The number of carbonyl (C=O) groups is 1. The number of hydrogen-bond acceptors (Lipinski definition) is 2. The summed E-state index contributed by atoms with van der Waals surface area (Å²) in [6.45, 7) is 0. The summed E-state index contributed by atoms with van der Waals surface area (Å²) < 4.78 is 41.6. The minimum Gasteiger partial charge on any atom is -0.405 e. The number of alkyl halides is 3. The average molecular weight is 328 g/mol. The summed E-state index contributed by atoms with van der Waals surface area (Å²) in [5.74, 6) is -0.539. The summed E-state index contributed by atoms with van der Waals surface area (Å²) in [7, 11) is 0. The lowest BCUT2D eigenvalue weighted by molar-refractivity contribution is -0.274. The number of hydrogen-bond donors (Lipinski definition) is 1. The Morgan fingerprint density at radius 2 is 1.95 bits per heavy atom. The van der Waals surface area contributed by atoms with Crippen LogP contribution < -0.4 is 10.1 Å². The number of amides is 1. The van der Waals surface area contributed by atoms with Crippen LogP contribution in [0.15, 0.2) is 36.4 Å². The van der Waals surface area contributed by atoms with Crippen molar-refractivity contribution >= 4 is 23.2 Å². The van der Waals surface area contributed by atoms with Crippen molar-refractivity contribution in [3.05, 3.63) is 47.0 Å². The second-order valence-corrected chi connectivity index (χ2v) is 5.16. The van der Waals surface area contributed by atoms with E-state index in [1.54, 1.807) is 18.2 Å². The topological polar surface area (TPSA) is 38.3 Å². The fourth-order valence-electron chi connectivity index (χ4n) is 2.36. The maximum atomic E-state index is 12.5. The van der Waals surface area contributed by atoms with Gasteiger partial charge in [0.1, 0.15) is 5.75 Å². The Balaban J connectivity index is 2.09. The first-order valence-corrected chi connectivity index (χ1v) is 6.69. The molecule has 0 fully saturated rings. The van der Waals surface area contributed by atoms with E-state index in [1.807, 2.05) is 0 Å². The molecule has 3 nitrogen and oxygen atoms in total. The number of carbonyl (C=O) groups excluding carboxylic acids is 1. The molecule has 114 valence electrons. The van der Waals surface area contributed by atoms with E-state index in [0.29, 0.717) is 11.3 Å². The minimum atomic E-state index is -4.82. The highest BCUT2D eigenvalue weighted by Crippen LogP contribution is 2.40. The van der Waals surface area contributed by atoms with Gasteiger partial charge < -0.3 is 10.1 Å². The number of fused-ring (bicyclic) bond motifs is 1. The van der Waals surface area contributed by atoms with E-state index in [0.717, 1.165) is 5.56 Å². The van der Waals surface area contributed by atoms with Gasteiger partial charge in [-0.25, -0.2) is 0 Å². The number of halogens is 4. The van der Waals surface area contributed by atoms with Crippen molar-refractivity contribution in [3.63, 3.8) is 0 Å². The largest absolute Gasteiger partial charge is 0.573 e. The molecule has 1 aliphatic rings. The Morgan fingerprint density at radius 1 is 1.18 bits per heavy atom. The van der Waals surface area contributed by atoms with E-state index in [4.69, 9.17) is 11.6 Å². The maximum Gasteiger partial charge on any atom is 0.573 e. The molecule has 0 atom stereocenters. The highest BCUT2D eigenvalue weighted by molar-refractivity contribution is 6.33. The molecule has 2 aromatic carbocycles. The quantitative estimate of drug-likeness (QED) is 0.887. The smallest absolute Gasteiger partial charge is 0.405 e. The summed E-state index contributed by atoms with van der Waals surface area (Å²) in [4.78, 5) is 11.4. The van der Waals surface area contributed by atoms with Gasteiger partial charge in [0.15, 0.2) is 0 Å². The third kappa shape index (κ3) is 2.87. The van der Waals surface area contributed by atoms with Gasteiger partial charge in [-0.05, 0) is 29.3 Å². The monoisotopic (exact) mass is 327 g/mol. The molecule has 0 aliphatic carbocycles. The fourth-order valence-corrected chi connectivity index (χ4v) is 2.64. The van der Waals surface area contributed by atoms with Gasteiger partial charge in [-0.3, -0.25) is 4.79 Å². The van der Waals surface area contributed by atoms with Crippen molar-refractivity contribution in [2.45, 2.75) is 12.8 Å². The van der Waals surface area contributed by atoms with E-state index in [2.05, 4.69) is 10.1 Å². The maximum absolute atomic E-state index is 12.5. The zero-order valence-corrected chi connectivity index (χ0v) is 11.8. The van der Waals surface area contributed by atoms with Crippen molar-refractivity contribution < 1.29 is 22.7 Å². The molecule has 7 heteroatoms. The van der Waals surface area contributed by atoms with Crippen LogP contribution >= 0.6 is 11.6 Å². The Kier molecular flexibility index (Phi) is 3.48. The van der Waals surface area contributed by atoms with Crippen LogP contribution in [0.3, 0.4) is 0 Å². The van der Waals surface area contributed by atoms with Crippen LogP contribution in [-0.4, -0.2) is 12.3 Å². The molecule has 0 saturated carbocycles. The Labute approximate surface area is 128 Å². The van der Waals surface area contributed by atoms with Gasteiger partial charge in [-0.2, -0.15) is 0 Å². The van der Waals surface area contributed by atoms with Gasteiger partial charge in [0.2, 0.25) is 5.91 Å². The second-order valence-electron chi connectivity index (χ2n) is 4.76. The number of nitrogens with one attached hydrogen (secondary N) is 1. The standard InChI is InChI=1S/C15H9ClF3NO2/c16-10-2-1-3-12(22-15(17,18)19)14(10)9-5-4-8-7-13(21)20-11(8)6-9/h1-6H,7H2,(H,20,21). The molecule has 1 amide bonds. The molecular weight excluding hydrogens is 319 g/mol. The third-order valence-corrected chi connectivity index (χ3v) is 3.54. The number of ether oxygens (including phenoxy) is 1. The lowest BCUT2D eigenvalue weighted by Gasteiger charge is -2.15. The Morgan fingerprint density at radius 3 is 2.68 bits per heavy atom. The van der Waals surface area contributed by atoms with Gasteiger partial charge in [0.25, 0.3) is 0 Å². The van der Waals surface area contributed by atoms with Crippen LogP contribution in [0.4, 0.5) is 18.9 Å². The summed E-state index contributed by atoms with van der Waals surface area (Å²) >= 11 is 6.04. The number of anilines is 1. The van der Waals surface area contributed by atoms with E-state index in [1.165, 1.54) is 18.2 Å². The number of benzene rings is 2. The molecule has 1 aliphatic heterocycles. The molecule has 0 bridgehead atoms. The van der Waals surface area contributed by atoms with Gasteiger partial charge in [-0.1, -0.05) is 29.8 Å². The van der Waals surface area contributed by atoms with Crippen molar-refractivity contribution in [2.75, 3.05) is 5.32 Å². The van der Waals surface area contributed by atoms with E-state index in [-0.39, 0.29) is 28.7 Å². The molecule has 0 saturated heterocycles. The molecule has 1 N–H and O–H groups in total. The summed E-state index contributed by atoms with van der Waals surface area (Å²) in [5, 5.41) is 2.78.